The second kappa shape index (κ2) is 12.8. The van der Waals surface area contributed by atoms with Gasteiger partial charge in [-0.2, -0.15) is 19.6 Å². The van der Waals surface area contributed by atoms with E-state index in [2.05, 4.69) is 37.0 Å². The standard InChI is InChI=1S/C34H24Br2N6O4S2/c1-17-27(30(43)41(39-17)33-37-25(15-47-33)19-3-5-22(6-4-19)32(45)46)29(21-9-13-24(36)14-10-21)28-18(2)40-42(31(28)44)34-38-26(16-48-34)20-7-11-23(35)12-8-20/h3-16,29,43-44H,1-2H3,(H,45,46). The van der Waals surface area contributed by atoms with Crippen LogP contribution >= 0.6 is 54.5 Å². The van der Waals surface area contributed by atoms with Gasteiger partial charge in [0.1, 0.15) is 0 Å². The molecule has 0 saturated carbocycles. The number of nitrogens with zero attached hydrogens (tertiary/aromatic N) is 6. The molecule has 240 valence electrons. The van der Waals surface area contributed by atoms with Gasteiger partial charge in [0.05, 0.1) is 28.3 Å². The van der Waals surface area contributed by atoms with Gasteiger partial charge in [0.15, 0.2) is 0 Å². The number of aromatic hydroxyl groups is 2. The molecule has 0 spiro atoms. The van der Waals surface area contributed by atoms with Crippen LogP contribution in [0.25, 0.3) is 32.8 Å². The van der Waals surface area contributed by atoms with Gasteiger partial charge in [0.2, 0.25) is 22.0 Å². The van der Waals surface area contributed by atoms with Crippen LogP contribution in [0.2, 0.25) is 0 Å². The van der Waals surface area contributed by atoms with E-state index in [0.717, 1.165) is 31.3 Å². The molecule has 4 aromatic heterocycles. The van der Waals surface area contributed by atoms with Gasteiger partial charge in [-0.3, -0.25) is 0 Å². The average molecular weight is 805 g/mol. The van der Waals surface area contributed by atoms with Crippen molar-refractivity contribution in [2.75, 3.05) is 0 Å². The molecule has 7 rings (SSSR count). The van der Waals surface area contributed by atoms with Crippen molar-refractivity contribution >= 4 is 60.5 Å². The quantitative estimate of drug-likeness (QED) is 0.139. The van der Waals surface area contributed by atoms with E-state index in [1.807, 2.05) is 66.2 Å². The van der Waals surface area contributed by atoms with Crippen molar-refractivity contribution < 1.29 is 20.1 Å². The van der Waals surface area contributed by atoms with Crippen LogP contribution in [-0.4, -0.2) is 50.8 Å². The van der Waals surface area contributed by atoms with Crippen molar-refractivity contribution in [3.05, 3.63) is 126 Å². The lowest BCUT2D eigenvalue weighted by atomic mass is 9.85. The van der Waals surface area contributed by atoms with Gasteiger partial charge < -0.3 is 15.3 Å². The lowest BCUT2D eigenvalue weighted by molar-refractivity contribution is 0.0697. The minimum Gasteiger partial charge on any atom is -0.493 e. The maximum atomic E-state index is 11.8. The zero-order valence-corrected chi connectivity index (χ0v) is 30.0. The fraction of sp³-hybridized carbons (Fsp3) is 0.0882. The third-order valence-corrected chi connectivity index (χ3v) is 10.5. The molecule has 0 aliphatic heterocycles. The third kappa shape index (κ3) is 5.85. The highest BCUT2D eigenvalue weighted by molar-refractivity contribution is 9.10. The van der Waals surface area contributed by atoms with Crippen molar-refractivity contribution in [1.82, 2.24) is 29.5 Å². The molecule has 0 aliphatic carbocycles. The highest BCUT2D eigenvalue weighted by atomic mass is 79.9. The first-order valence-corrected chi connectivity index (χ1v) is 17.8. The molecular weight excluding hydrogens is 780 g/mol. The number of aromatic nitrogens is 6. The van der Waals surface area contributed by atoms with Crippen molar-refractivity contribution in [1.29, 1.82) is 0 Å². The molecule has 0 saturated heterocycles. The first-order chi connectivity index (χ1) is 23.1. The number of carbonyl (C=O) groups is 1. The van der Waals surface area contributed by atoms with Crippen LogP contribution in [0.1, 0.15) is 44.4 Å². The Bertz CT molecular complexity index is 2290. The van der Waals surface area contributed by atoms with Gasteiger partial charge in [-0.05, 0) is 55.8 Å². The Kier molecular flexibility index (Phi) is 8.50. The van der Waals surface area contributed by atoms with E-state index in [1.165, 1.54) is 44.2 Å². The van der Waals surface area contributed by atoms with E-state index in [4.69, 9.17) is 15.1 Å². The summed E-state index contributed by atoms with van der Waals surface area (Å²) in [6.45, 7) is 3.62. The summed E-state index contributed by atoms with van der Waals surface area (Å²) in [6.07, 6.45) is 0. The molecule has 4 heterocycles. The number of carboxylic acid groups (broad SMARTS) is 1. The highest BCUT2D eigenvalue weighted by Crippen LogP contribution is 2.45. The average Bonchev–Trinajstić information content (AvgIpc) is 3.87. The Morgan fingerprint density at radius 3 is 1.54 bits per heavy atom. The Balaban J connectivity index is 1.31. The molecular formula is C34H24Br2N6O4S2. The zero-order chi connectivity index (χ0) is 33.7. The summed E-state index contributed by atoms with van der Waals surface area (Å²) in [5.74, 6) is -1.87. The van der Waals surface area contributed by atoms with Gasteiger partial charge in [0.25, 0.3) is 0 Å². The largest absolute Gasteiger partial charge is 0.493 e. The van der Waals surface area contributed by atoms with Crippen molar-refractivity contribution in [3.63, 3.8) is 0 Å². The number of aromatic carboxylic acids is 1. The Morgan fingerprint density at radius 1 is 0.688 bits per heavy atom. The first kappa shape index (κ1) is 31.9. The van der Waals surface area contributed by atoms with Crippen LogP contribution < -0.4 is 0 Å². The van der Waals surface area contributed by atoms with E-state index >= 15 is 0 Å². The van der Waals surface area contributed by atoms with Crippen molar-refractivity contribution in [2.45, 2.75) is 19.8 Å². The summed E-state index contributed by atoms with van der Waals surface area (Å²) in [7, 11) is 0. The molecule has 3 aromatic carbocycles. The minimum atomic E-state index is -1.01. The van der Waals surface area contributed by atoms with Crippen LogP contribution in [0.3, 0.4) is 0 Å². The normalized spacial score (nSPS) is 12.0. The summed E-state index contributed by atoms with van der Waals surface area (Å²) in [5, 5.41) is 46.9. The fourth-order valence-electron chi connectivity index (χ4n) is 5.52. The number of aryl methyl sites for hydroxylation is 2. The predicted octanol–water partition coefficient (Wildman–Crippen LogP) is 8.74. The Hall–Kier alpha value is -4.63. The smallest absolute Gasteiger partial charge is 0.335 e. The molecule has 1 unspecified atom stereocenters. The van der Waals surface area contributed by atoms with Crippen LogP contribution in [0.4, 0.5) is 0 Å². The molecule has 10 nitrogen and oxygen atoms in total. The van der Waals surface area contributed by atoms with Crippen LogP contribution in [0.15, 0.2) is 92.5 Å². The van der Waals surface area contributed by atoms with Gasteiger partial charge in [0, 0.05) is 47.9 Å². The van der Waals surface area contributed by atoms with Gasteiger partial charge in [-0.15, -0.1) is 22.7 Å². The lowest BCUT2D eigenvalue weighted by Gasteiger charge is -2.18. The molecule has 48 heavy (non-hydrogen) atoms. The summed E-state index contributed by atoms with van der Waals surface area (Å²) in [6, 6.07) is 21.9. The first-order valence-electron chi connectivity index (χ1n) is 14.4. The molecule has 0 aliphatic rings. The van der Waals surface area contributed by atoms with Crippen LogP contribution in [-0.2, 0) is 0 Å². The number of hydrogen-bond donors (Lipinski definition) is 3. The monoisotopic (exact) mass is 802 g/mol. The molecule has 0 bridgehead atoms. The minimum absolute atomic E-state index is 0.0926. The second-order valence-electron chi connectivity index (χ2n) is 10.9. The van der Waals surface area contributed by atoms with Crippen molar-refractivity contribution in [3.8, 4) is 44.5 Å². The number of thiazole rings is 2. The second-order valence-corrected chi connectivity index (χ2v) is 14.4. The molecule has 14 heteroatoms. The van der Waals surface area contributed by atoms with E-state index in [9.17, 15) is 20.1 Å². The lowest BCUT2D eigenvalue weighted by Crippen LogP contribution is -2.06. The van der Waals surface area contributed by atoms with Gasteiger partial charge in [-0.1, -0.05) is 68.3 Å². The van der Waals surface area contributed by atoms with E-state index in [-0.39, 0.29) is 17.3 Å². The summed E-state index contributed by atoms with van der Waals surface area (Å²) < 4.78 is 4.67. The molecule has 3 N–H and O–H groups in total. The van der Waals surface area contributed by atoms with Crippen LogP contribution in [0, 0.1) is 13.8 Å². The van der Waals surface area contributed by atoms with E-state index in [0.29, 0.717) is 38.5 Å². The van der Waals surface area contributed by atoms with Gasteiger partial charge >= 0.3 is 5.97 Å². The summed E-state index contributed by atoms with van der Waals surface area (Å²) in [4.78, 5) is 20.8. The predicted molar refractivity (Wildman–Crippen MR) is 192 cm³/mol. The van der Waals surface area contributed by atoms with Crippen LogP contribution in [0.5, 0.6) is 11.8 Å². The highest BCUT2D eigenvalue weighted by Gasteiger charge is 2.34. The maximum Gasteiger partial charge on any atom is 0.335 e. The van der Waals surface area contributed by atoms with Crippen molar-refractivity contribution in [2.24, 2.45) is 0 Å². The maximum absolute atomic E-state index is 11.8. The third-order valence-electron chi connectivity index (χ3n) is 7.86. The molecule has 7 aromatic rings. The van der Waals surface area contributed by atoms with E-state index in [1.54, 1.807) is 19.1 Å². The topological polar surface area (TPSA) is 139 Å². The zero-order valence-electron chi connectivity index (χ0n) is 25.2. The molecule has 0 radical (unpaired) electrons. The molecule has 0 fully saturated rings. The number of hydrogen-bond acceptors (Lipinski definition) is 9. The summed E-state index contributed by atoms with van der Waals surface area (Å²) >= 11 is 9.64. The SMILES string of the molecule is Cc1nn(-c2nc(-c3ccc(Br)cc3)cs2)c(O)c1C(c1ccc(Br)cc1)c1c(C)nn(-c2nc(-c3ccc(C(=O)O)cc3)cs2)c1O. The number of rotatable bonds is 8. The molecule has 0 amide bonds. The number of benzene rings is 3. The summed E-state index contributed by atoms with van der Waals surface area (Å²) in [5.41, 5.74) is 6.14. The fourth-order valence-corrected chi connectivity index (χ4v) is 7.62. The van der Waals surface area contributed by atoms with E-state index < -0.39 is 11.9 Å². The Labute approximate surface area is 298 Å². The number of carboxylic acids is 1. The Morgan fingerprint density at radius 2 is 1.10 bits per heavy atom. The molecule has 1 atom stereocenters. The van der Waals surface area contributed by atoms with Gasteiger partial charge in [-0.25, -0.2) is 14.8 Å². The number of halogens is 2.